The minimum absolute atomic E-state index is 0.0890. The van der Waals surface area contributed by atoms with Crippen LogP contribution in [0.15, 0.2) is 18.2 Å². The van der Waals surface area contributed by atoms with E-state index in [1.807, 2.05) is 6.92 Å². The third kappa shape index (κ3) is 3.48. The van der Waals surface area contributed by atoms with E-state index in [-0.39, 0.29) is 11.8 Å². The van der Waals surface area contributed by atoms with Crippen LogP contribution >= 0.6 is 23.2 Å². The fraction of sp³-hybridized carbons (Fsp3) is 0.500. The van der Waals surface area contributed by atoms with E-state index in [0.29, 0.717) is 15.6 Å². The molecule has 1 fully saturated rings. The summed E-state index contributed by atoms with van der Waals surface area (Å²) in [5, 5.41) is 4.28. The van der Waals surface area contributed by atoms with Crippen molar-refractivity contribution in [3.8, 4) is 0 Å². The lowest BCUT2D eigenvalue weighted by Gasteiger charge is -2.33. The number of carbonyl (C=O) groups excluding carboxylic acids is 1. The molecule has 1 saturated heterocycles. The smallest absolute Gasteiger partial charge is 0.181 e. The van der Waals surface area contributed by atoms with Gasteiger partial charge in [0.2, 0.25) is 0 Å². The highest BCUT2D eigenvalue weighted by atomic mass is 35.5. The van der Waals surface area contributed by atoms with Crippen molar-refractivity contribution in [2.24, 2.45) is 0 Å². The van der Waals surface area contributed by atoms with Crippen molar-refractivity contribution in [3.63, 3.8) is 0 Å². The number of nitrogens with one attached hydrogen (secondary N) is 1. The van der Waals surface area contributed by atoms with E-state index in [1.165, 1.54) is 0 Å². The van der Waals surface area contributed by atoms with Crippen LogP contribution in [0.5, 0.6) is 0 Å². The van der Waals surface area contributed by atoms with Gasteiger partial charge < -0.3 is 5.32 Å². The molecule has 0 spiro atoms. The van der Waals surface area contributed by atoms with Gasteiger partial charge in [0.25, 0.3) is 0 Å². The first-order valence-corrected chi connectivity index (χ1v) is 7.33. The molecular formula is C14H18Cl2N2O. The largest absolute Gasteiger partial charge is 0.314 e. The third-order valence-corrected chi connectivity index (χ3v) is 4.03. The molecule has 0 radical (unpaired) electrons. The van der Waals surface area contributed by atoms with Crippen molar-refractivity contribution >= 4 is 29.0 Å². The van der Waals surface area contributed by atoms with E-state index in [1.54, 1.807) is 18.2 Å². The highest BCUT2D eigenvalue weighted by Gasteiger charge is 2.27. The number of piperazine rings is 1. The van der Waals surface area contributed by atoms with Crippen LogP contribution in [-0.2, 0) is 0 Å². The summed E-state index contributed by atoms with van der Waals surface area (Å²) in [4.78, 5) is 14.8. The molecular weight excluding hydrogens is 283 g/mol. The molecule has 0 aromatic heterocycles. The first-order chi connectivity index (χ1) is 9.13. The molecule has 1 aliphatic rings. The lowest BCUT2D eigenvalue weighted by molar-refractivity contribution is 0.0790. The second-order valence-corrected chi connectivity index (χ2v) is 5.54. The molecule has 1 aromatic rings. The van der Waals surface area contributed by atoms with E-state index in [4.69, 9.17) is 23.2 Å². The van der Waals surface area contributed by atoms with E-state index in [2.05, 4.69) is 10.2 Å². The summed E-state index contributed by atoms with van der Waals surface area (Å²) in [5.74, 6) is 0.0890. The number of hydrogen-bond donors (Lipinski definition) is 1. The number of rotatable bonds is 4. The average Bonchev–Trinajstić information content (AvgIpc) is 2.40. The Hall–Kier alpha value is -0.610. The summed E-state index contributed by atoms with van der Waals surface area (Å²) in [6.45, 7) is 5.69. The number of Topliss-reactive ketones (excluding diaryl/α,β-unsaturated/α-hetero) is 1. The van der Waals surface area contributed by atoms with Gasteiger partial charge in [-0.25, -0.2) is 0 Å². The van der Waals surface area contributed by atoms with Crippen LogP contribution in [0.25, 0.3) is 0 Å². The van der Waals surface area contributed by atoms with E-state index in [0.717, 1.165) is 32.6 Å². The van der Waals surface area contributed by atoms with Gasteiger partial charge in [-0.15, -0.1) is 0 Å². The van der Waals surface area contributed by atoms with Crippen molar-refractivity contribution in [2.75, 3.05) is 26.2 Å². The van der Waals surface area contributed by atoms with Gasteiger partial charge in [0.1, 0.15) is 0 Å². The number of halogens is 2. The zero-order valence-corrected chi connectivity index (χ0v) is 12.5. The van der Waals surface area contributed by atoms with Gasteiger partial charge in [0, 0.05) is 36.8 Å². The Morgan fingerprint density at radius 2 is 2.05 bits per heavy atom. The van der Waals surface area contributed by atoms with Gasteiger partial charge in [-0.2, -0.15) is 0 Å². The molecule has 19 heavy (non-hydrogen) atoms. The first kappa shape index (κ1) is 14.8. The number of ketones is 1. The number of hydrogen-bond acceptors (Lipinski definition) is 3. The zero-order valence-electron chi connectivity index (χ0n) is 11.0. The normalized spacial score (nSPS) is 18.3. The molecule has 0 saturated carbocycles. The molecule has 1 atom stereocenters. The van der Waals surface area contributed by atoms with Crippen molar-refractivity contribution in [1.29, 1.82) is 0 Å². The second-order valence-electron chi connectivity index (χ2n) is 4.70. The van der Waals surface area contributed by atoms with Gasteiger partial charge in [0.05, 0.1) is 11.1 Å². The summed E-state index contributed by atoms with van der Waals surface area (Å²) < 4.78 is 0. The average molecular weight is 301 g/mol. The third-order valence-electron chi connectivity index (χ3n) is 3.48. The topological polar surface area (TPSA) is 32.3 Å². The maximum atomic E-state index is 12.6. The summed E-state index contributed by atoms with van der Waals surface area (Å²) in [6.07, 6.45) is 0.789. The Bertz CT molecular complexity index is 459. The molecule has 0 bridgehead atoms. The van der Waals surface area contributed by atoms with E-state index >= 15 is 0 Å². The predicted molar refractivity (Wildman–Crippen MR) is 79.3 cm³/mol. The Morgan fingerprint density at radius 3 is 2.63 bits per heavy atom. The molecule has 2 rings (SSSR count). The molecule has 1 heterocycles. The lowest BCUT2D eigenvalue weighted by atomic mass is 10.00. The molecule has 0 aliphatic carbocycles. The van der Waals surface area contributed by atoms with Gasteiger partial charge in [-0.3, -0.25) is 9.69 Å². The van der Waals surface area contributed by atoms with Crippen LogP contribution < -0.4 is 5.32 Å². The quantitative estimate of drug-likeness (QED) is 0.868. The fourth-order valence-electron chi connectivity index (χ4n) is 2.47. The van der Waals surface area contributed by atoms with Crippen LogP contribution in [0.1, 0.15) is 23.7 Å². The second kappa shape index (κ2) is 6.71. The number of carbonyl (C=O) groups is 1. The number of benzene rings is 1. The molecule has 104 valence electrons. The maximum Gasteiger partial charge on any atom is 0.181 e. The molecule has 1 N–H and O–H groups in total. The van der Waals surface area contributed by atoms with Crippen LogP contribution in [0, 0.1) is 0 Å². The molecule has 3 nitrogen and oxygen atoms in total. The van der Waals surface area contributed by atoms with Crippen molar-refractivity contribution < 1.29 is 4.79 Å². The molecule has 5 heteroatoms. The minimum Gasteiger partial charge on any atom is -0.314 e. The molecule has 0 amide bonds. The number of nitrogens with zero attached hydrogens (tertiary/aromatic N) is 1. The Balaban J connectivity index is 2.19. The standard InChI is InChI=1S/C14H18Cl2N2O/c1-2-13(18-7-5-17-6-8-18)14(19)11-4-3-10(15)9-12(11)16/h3-4,9,13,17H,2,5-8H2,1H3. The highest BCUT2D eigenvalue weighted by Crippen LogP contribution is 2.24. The maximum absolute atomic E-state index is 12.6. The van der Waals surface area contributed by atoms with Gasteiger partial charge in [-0.1, -0.05) is 30.1 Å². The van der Waals surface area contributed by atoms with Gasteiger partial charge in [0.15, 0.2) is 5.78 Å². The molecule has 1 aromatic carbocycles. The van der Waals surface area contributed by atoms with Crippen molar-refractivity contribution in [3.05, 3.63) is 33.8 Å². The summed E-state index contributed by atoms with van der Waals surface area (Å²) in [6, 6.07) is 4.96. The summed E-state index contributed by atoms with van der Waals surface area (Å²) >= 11 is 12.0. The highest BCUT2D eigenvalue weighted by molar-refractivity contribution is 6.37. The Labute approximate surface area is 123 Å². The molecule has 1 aliphatic heterocycles. The van der Waals surface area contributed by atoms with Gasteiger partial charge >= 0.3 is 0 Å². The molecule has 1 unspecified atom stereocenters. The zero-order chi connectivity index (χ0) is 13.8. The van der Waals surface area contributed by atoms with Crippen molar-refractivity contribution in [2.45, 2.75) is 19.4 Å². The van der Waals surface area contributed by atoms with Crippen LogP contribution in [0.2, 0.25) is 10.0 Å². The van der Waals surface area contributed by atoms with E-state index in [9.17, 15) is 4.79 Å². The monoisotopic (exact) mass is 300 g/mol. The SMILES string of the molecule is CCC(C(=O)c1ccc(Cl)cc1Cl)N1CCNCC1. The van der Waals surface area contributed by atoms with Crippen LogP contribution in [-0.4, -0.2) is 42.9 Å². The summed E-state index contributed by atoms with van der Waals surface area (Å²) in [5.41, 5.74) is 0.566. The lowest BCUT2D eigenvalue weighted by Crippen LogP contribution is -2.51. The first-order valence-electron chi connectivity index (χ1n) is 6.57. The van der Waals surface area contributed by atoms with E-state index < -0.39 is 0 Å². The minimum atomic E-state index is -0.0965. The van der Waals surface area contributed by atoms with Gasteiger partial charge in [-0.05, 0) is 24.6 Å². The Morgan fingerprint density at radius 1 is 1.37 bits per heavy atom. The van der Waals surface area contributed by atoms with Crippen molar-refractivity contribution in [1.82, 2.24) is 10.2 Å². The Kier molecular flexibility index (Phi) is 5.22. The fourth-order valence-corrected chi connectivity index (χ4v) is 2.97. The predicted octanol–water partition coefficient (Wildman–Crippen LogP) is 2.86. The summed E-state index contributed by atoms with van der Waals surface area (Å²) in [7, 11) is 0. The van der Waals surface area contributed by atoms with Crippen LogP contribution in [0.4, 0.5) is 0 Å². The van der Waals surface area contributed by atoms with Crippen LogP contribution in [0.3, 0.4) is 0 Å².